The average molecular weight is 210 g/mol. The summed E-state index contributed by atoms with van der Waals surface area (Å²) in [5.74, 6) is -0.486. The van der Waals surface area contributed by atoms with E-state index in [9.17, 15) is 4.79 Å². The molecule has 1 saturated heterocycles. The molecule has 59 valence electrons. The van der Waals surface area contributed by atoms with Gasteiger partial charge in [-0.15, -0.1) is 0 Å². The number of amides is 1. The molecule has 0 saturated carbocycles. The minimum atomic E-state index is -0.833. The standard InChI is InChI=1S/C4H7NO.C2H4O2.Zn/c6-4-2-1-3-5-4;1-2(3)4;/h1-3H2,(H,5,6);1H3,(H,3,4);/q;;+1/p-1. The van der Waals surface area contributed by atoms with E-state index in [0.29, 0.717) is 5.91 Å². The number of rotatable bonds is 0. The monoisotopic (exact) mass is 208 g/mol. The van der Waals surface area contributed by atoms with Crippen LogP contribution in [0.15, 0.2) is 0 Å². The number of hydrogen-bond donors (Lipinski definition) is 1. The molecule has 1 aliphatic rings. The summed E-state index contributed by atoms with van der Waals surface area (Å²) >= 11 is 1.01. The van der Waals surface area contributed by atoms with Gasteiger partial charge in [-0.3, -0.25) is 4.79 Å². The zero-order chi connectivity index (χ0) is 8.85. The molecular formula is C6H10NO3Zn. The van der Waals surface area contributed by atoms with Crippen molar-refractivity contribution < 1.29 is 33.2 Å². The number of carbonyl (C=O) groups is 2. The van der Waals surface area contributed by atoms with Crippen molar-refractivity contribution in [3.63, 3.8) is 0 Å². The summed E-state index contributed by atoms with van der Waals surface area (Å²) < 4.78 is 1.89. The number of carboxylic acid groups (broad SMARTS) is 1. The molecule has 1 amide bonds. The van der Waals surface area contributed by atoms with E-state index in [1.807, 2.05) is 3.64 Å². The first-order chi connectivity index (χ1) is 5.04. The van der Waals surface area contributed by atoms with E-state index in [1.165, 1.54) is 0 Å². The molecule has 0 spiro atoms. The van der Waals surface area contributed by atoms with E-state index in [0.717, 1.165) is 44.9 Å². The second-order valence-electron chi connectivity index (χ2n) is 2.28. The quantitative estimate of drug-likeness (QED) is 0.579. The van der Waals surface area contributed by atoms with Crippen molar-refractivity contribution in [2.24, 2.45) is 0 Å². The van der Waals surface area contributed by atoms with Crippen LogP contribution in [0.25, 0.3) is 0 Å². The predicted octanol–water partition coefficient (Wildman–Crippen LogP) is 0.161. The molecule has 4 nitrogen and oxygen atoms in total. The Labute approximate surface area is 75.5 Å². The molecule has 0 radical (unpaired) electrons. The van der Waals surface area contributed by atoms with Gasteiger partial charge in [0.2, 0.25) is 0 Å². The maximum absolute atomic E-state index is 10.5. The summed E-state index contributed by atoms with van der Waals surface area (Å²) in [5, 5.41) is 7.42. The molecule has 1 rings (SSSR count). The summed E-state index contributed by atoms with van der Waals surface area (Å²) in [6.07, 6.45) is 1.87. The van der Waals surface area contributed by atoms with Crippen LogP contribution in [0.1, 0.15) is 19.8 Å². The van der Waals surface area contributed by atoms with Gasteiger partial charge in [0, 0.05) is 6.92 Å². The predicted molar refractivity (Wildman–Crippen MR) is 34.3 cm³/mol. The van der Waals surface area contributed by atoms with Crippen molar-refractivity contribution in [2.45, 2.75) is 19.8 Å². The minimum absolute atomic E-state index is 0.347. The van der Waals surface area contributed by atoms with Gasteiger partial charge in [0.15, 0.2) is 0 Å². The van der Waals surface area contributed by atoms with Crippen LogP contribution in [0, 0.1) is 0 Å². The van der Waals surface area contributed by atoms with Gasteiger partial charge in [-0.25, -0.2) is 0 Å². The van der Waals surface area contributed by atoms with Crippen molar-refractivity contribution in [1.29, 1.82) is 0 Å². The number of carboxylic acids is 1. The SMILES string of the molecule is CC(=O)O.O=C1CCC[N]1[Zn]. The van der Waals surface area contributed by atoms with Gasteiger partial charge in [-0.2, -0.15) is 0 Å². The van der Waals surface area contributed by atoms with E-state index in [1.54, 1.807) is 0 Å². The van der Waals surface area contributed by atoms with Crippen molar-refractivity contribution >= 4 is 11.9 Å². The fourth-order valence-corrected chi connectivity index (χ4v) is 1.50. The molecule has 5 heteroatoms. The van der Waals surface area contributed by atoms with Crippen LogP contribution in [-0.4, -0.2) is 27.2 Å². The van der Waals surface area contributed by atoms with Crippen molar-refractivity contribution in [3.8, 4) is 0 Å². The van der Waals surface area contributed by atoms with E-state index >= 15 is 0 Å². The Kier molecular flexibility index (Phi) is 5.04. The van der Waals surface area contributed by atoms with Gasteiger partial charge < -0.3 is 5.11 Å². The first kappa shape index (κ1) is 10.6. The zero-order valence-corrected chi connectivity index (χ0v) is 9.51. The number of aliphatic carboxylic acids is 1. The third-order valence-corrected chi connectivity index (χ3v) is 2.57. The molecule has 0 aromatic carbocycles. The number of hydrogen-bond acceptors (Lipinski definition) is 2. The van der Waals surface area contributed by atoms with Gasteiger partial charge in [0.1, 0.15) is 0 Å². The molecule has 0 aliphatic carbocycles. The topological polar surface area (TPSA) is 57.6 Å². The van der Waals surface area contributed by atoms with Gasteiger partial charge >= 0.3 is 52.3 Å². The number of nitrogens with zero attached hydrogens (tertiary/aromatic N) is 1. The third kappa shape index (κ3) is 5.98. The van der Waals surface area contributed by atoms with Crippen LogP contribution in [0.5, 0.6) is 0 Å². The summed E-state index contributed by atoms with van der Waals surface area (Å²) in [5.41, 5.74) is 0. The van der Waals surface area contributed by atoms with E-state index in [2.05, 4.69) is 0 Å². The third-order valence-electron chi connectivity index (χ3n) is 1.17. The van der Waals surface area contributed by atoms with Crippen LogP contribution in [-0.2, 0) is 28.1 Å². The first-order valence-electron chi connectivity index (χ1n) is 3.34. The van der Waals surface area contributed by atoms with E-state index in [-0.39, 0.29) is 0 Å². The average Bonchev–Trinajstić information content (AvgIpc) is 2.15. The van der Waals surface area contributed by atoms with Gasteiger partial charge in [-0.1, -0.05) is 0 Å². The summed E-state index contributed by atoms with van der Waals surface area (Å²) in [6, 6.07) is 0. The second-order valence-corrected chi connectivity index (χ2v) is 3.88. The van der Waals surface area contributed by atoms with E-state index < -0.39 is 5.97 Å². The van der Waals surface area contributed by atoms with Crippen molar-refractivity contribution in [2.75, 3.05) is 6.54 Å². The molecule has 1 N–H and O–H groups in total. The molecule has 1 fully saturated rings. The van der Waals surface area contributed by atoms with Gasteiger partial charge in [0.25, 0.3) is 5.97 Å². The Balaban J connectivity index is 0.000000218. The Morgan fingerprint density at radius 3 is 2.27 bits per heavy atom. The first-order valence-corrected chi connectivity index (χ1v) is 4.67. The normalized spacial score (nSPS) is 15.9. The van der Waals surface area contributed by atoms with Crippen LogP contribution in [0.2, 0.25) is 0 Å². The molecule has 0 unspecified atom stereocenters. The van der Waals surface area contributed by atoms with Crippen LogP contribution < -0.4 is 0 Å². The molecule has 11 heavy (non-hydrogen) atoms. The molecule has 0 atom stereocenters. The fourth-order valence-electron chi connectivity index (χ4n) is 0.704. The van der Waals surface area contributed by atoms with Crippen LogP contribution >= 0.6 is 0 Å². The summed E-state index contributed by atoms with van der Waals surface area (Å²) in [4.78, 5) is 19.5. The Bertz CT molecular complexity index is 156. The molecule has 0 aromatic heterocycles. The molecule has 0 bridgehead atoms. The Hall–Kier alpha value is -0.437. The number of carbonyl (C=O) groups excluding carboxylic acids is 1. The molecule has 1 heterocycles. The Morgan fingerprint density at radius 2 is 2.18 bits per heavy atom. The van der Waals surface area contributed by atoms with Crippen LogP contribution in [0.3, 0.4) is 0 Å². The summed E-state index contributed by atoms with van der Waals surface area (Å²) in [6.45, 7) is 2.10. The van der Waals surface area contributed by atoms with Gasteiger partial charge in [-0.05, 0) is 0 Å². The molecular weight excluding hydrogens is 199 g/mol. The second kappa shape index (κ2) is 5.24. The fraction of sp³-hybridized carbons (Fsp3) is 0.667. The maximum atomic E-state index is 10.5. The zero-order valence-electron chi connectivity index (χ0n) is 6.54. The van der Waals surface area contributed by atoms with E-state index in [4.69, 9.17) is 9.90 Å². The molecule has 0 aromatic rings. The Morgan fingerprint density at radius 1 is 1.73 bits per heavy atom. The van der Waals surface area contributed by atoms with Crippen LogP contribution in [0.4, 0.5) is 0 Å². The van der Waals surface area contributed by atoms with Gasteiger partial charge in [0.05, 0.1) is 0 Å². The van der Waals surface area contributed by atoms with Crippen molar-refractivity contribution in [3.05, 3.63) is 0 Å². The summed E-state index contributed by atoms with van der Waals surface area (Å²) in [7, 11) is 0. The molecule has 1 aliphatic heterocycles. The van der Waals surface area contributed by atoms with Crippen molar-refractivity contribution in [1.82, 2.24) is 3.64 Å².